The summed E-state index contributed by atoms with van der Waals surface area (Å²) < 4.78 is 0. The average Bonchev–Trinajstić information content (AvgIpc) is 2.92. The van der Waals surface area contributed by atoms with Crippen LogP contribution in [0.3, 0.4) is 0 Å². The van der Waals surface area contributed by atoms with Gasteiger partial charge >= 0.3 is 0 Å². The Balaban J connectivity index is 1.81. The van der Waals surface area contributed by atoms with Gasteiger partial charge < -0.3 is 0 Å². The van der Waals surface area contributed by atoms with Crippen molar-refractivity contribution in [3.63, 3.8) is 0 Å². The second-order valence-corrected chi connectivity index (χ2v) is 6.00. The number of likely N-dealkylation sites (tertiary alicyclic amines) is 1. The Morgan fingerprint density at radius 1 is 1.09 bits per heavy atom. The summed E-state index contributed by atoms with van der Waals surface area (Å²) in [5.41, 5.74) is 3.45. The van der Waals surface area contributed by atoms with Crippen LogP contribution in [-0.4, -0.2) is 29.0 Å². The Hall–Kier alpha value is -2.20. The molecule has 0 amide bonds. The normalized spacial score (nSPS) is 21.9. The van der Waals surface area contributed by atoms with E-state index < -0.39 is 6.04 Å². The van der Waals surface area contributed by atoms with E-state index in [1.54, 1.807) is 0 Å². The summed E-state index contributed by atoms with van der Waals surface area (Å²) in [5.74, 6) is -0.0279. The van der Waals surface area contributed by atoms with Crippen LogP contribution in [0.15, 0.2) is 54.6 Å². The number of aryl methyl sites for hydroxylation is 1. The Morgan fingerprint density at radius 2 is 1.77 bits per heavy atom. The molecular formula is C18H20N2O2. The van der Waals surface area contributed by atoms with Crippen molar-refractivity contribution in [3.05, 3.63) is 81.4 Å². The summed E-state index contributed by atoms with van der Waals surface area (Å²) in [6.45, 7) is 4.06. The summed E-state index contributed by atoms with van der Waals surface area (Å²) in [5, 5.41) is 11.5. The van der Waals surface area contributed by atoms with Gasteiger partial charge in [-0.05, 0) is 23.6 Å². The van der Waals surface area contributed by atoms with E-state index in [0.717, 1.165) is 24.2 Å². The highest BCUT2D eigenvalue weighted by Gasteiger charge is 2.42. The topological polar surface area (TPSA) is 46.4 Å². The maximum Gasteiger partial charge on any atom is 0.233 e. The maximum atomic E-state index is 11.5. The molecule has 2 aromatic carbocycles. The number of nitro groups is 1. The second-order valence-electron chi connectivity index (χ2n) is 6.00. The highest BCUT2D eigenvalue weighted by Crippen LogP contribution is 2.32. The molecule has 1 aliphatic heterocycles. The van der Waals surface area contributed by atoms with Gasteiger partial charge in [-0.25, -0.2) is 0 Å². The number of benzene rings is 2. The quantitative estimate of drug-likeness (QED) is 0.643. The van der Waals surface area contributed by atoms with E-state index in [9.17, 15) is 10.1 Å². The van der Waals surface area contributed by atoms with Crippen molar-refractivity contribution in [1.82, 2.24) is 4.90 Å². The van der Waals surface area contributed by atoms with Gasteiger partial charge in [0, 0.05) is 18.0 Å². The summed E-state index contributed by atoms with van der Waals surface area (Å²) in [6, 6.07) is 17.6. The molecule has 0 bridgehead atoms. The van der Waals surface area contributed by atoms with E-state index in [4.69, 9.17) is 0 Å². The zero-order valence-electron chi connectivity index (χ0n) is 12.7. The Kier molecular flexibility index (Phi) is 4.20. The lowest BCUT2D eigenvalue weighted by Crippen LogP contribution is -2.28. The molecule has 0 N–H and O–H groups in total. The number of hydrogen-bond donors (Lipinski definition) is 0. The van der Waals surface area contributed by atoms with Crippen molar-refractivity contribution in [2.75, 3.05) is 13.1 Å². The van der Waals surface area contributed by atoms with Gasteiger partial charge in [0.1, 0.15) is 0 Å². The smallest absolute Gasteiger partial charge is 0.233 e. The van der Waals surface area contributed by atoms with Crippen LogP contribution in [0, 0.1) is 17.0 Å². The van der Waals surface area contributed by atoms with E-state index in [1.165, 1.54) is 5.56 Å². The predicted molar refractivity (Wildman–Crippen MR) is 86.4 cm³/mol. The molecule has 1 fully saturated rings. The highest BCUT2D eigenvalue weighted by molar-refractivity contribution is 5.31. The van der Waals surface area contributed by atoms with Gasteiger partial charge in [0.2, 0.25) is 6.04 Å². The molecule has 114 valence electrons. The molecule has 2 atom stereocenters. The standard InChI is InChI=1S/C18H20N2O2/c1-14-7-5-6-10-16(14)17-12-19(13-18(17)20(21)22)11-15-8-3-2-4-9-15/h2-10,17-18H,11-13H2,1H3/t17-,18+/m0/s1. The molecule has 3 rings (SSSR count). The number of hydrogen-bond acceptors (Lipinski definition) is 3. The largest absolute Gasteiger partial charge is 0.292 e. The molecule has 2 aromatic rings. The van der Waals surface area contributed by atoms with Crippen LogP contribution in [-0.2, 0) is 6.54 Å². The number of rotatable bonds is 4. The van der Waals surface area contributed by atoms with Gasteiger partial charge in [0.05, 0.1) is 12.5 Å². The fraction of sp³-hybridized carbons (Fsp3) is 0.333. The van der Waals surface area contributed by atoms with Crippen molar-refractivity contribution >= 4 is 0 Å². The Labute approximate surface area is 130 Å². The lowest BCUT2D eigenvalue weighted by Gasteiger charge is -2.16. The first kappa shape index (κ1) is 14.7. The van der Waals surface area contributed by atoms with Crippen molar-refractivity contribution in [2.24, 2.45) is 0 Å². The van der Waals surface area contributed by atoms with Crippen LogP contribution in [0.4, 0.5) is 0 Å². The third-order valence-electron chi connectivity index (χ3n) is 4.47. The fourth-order valence-corrected chi connectivity index (χ4v) is 3.36. The van der Waals surface area contributed by atoms with Crippen LogP contribution in [0.5, 0.6) is 0 Å². The molecule has 0 spiro atoms. The highest BCUT2D eigenvalue weighted by atomic mass is 16.6. The van der Waals surface area contributed by atoms with Gasteiger partial charge in [-0.3, -0.25) is 15.0 Å². The van der Waals surface area contributed by atoms with Gasteiger partial charge in [-0.1, -0.05) is 54.6 Å². The summed E-state index contributed by atoms with van der Waals surface area (Å²) in [7, 11) is 0. The molecular weight excluding hydrogens is 276 g/mol. The van der Waals surface area contributed by atoms with E-state index in [-0.39, 0.29) is 10.8 Å². The molecule has 1 heterocycles. The zero-order valence-corrected chi connectivity index (χ0v) is 12.7. The predicted octanol–water partition coefficient (Wildman–Crippen LogP) is 3.24. The molecule has 4 heteroatoms. The van der Waals surface area contributed by atoms with Gasteiger partial charge in [-0.15, -0.1) is 0 Å². The summed E-state index contributed by atoms with van der Waals surface area (Å²) in [6.07, 6.45) is 0. The third kappa shape index (κ3) is 3.02. The third-order valence-corrected chi connectivity index (χ3v) is 4.47. The SMILES string of the molecule is Cc1ccccc1[C@@H]1CN(Cc2ccccc2)C[C@H]1[N+](=O)[O-]. The van der Waals surface area contributed by atoms with Crippen LogP contribution in [0.2, 0.25) is 0 Å². The average molecular weight is 296 g/mol. The molecule has 1 aliphatic rings. The first-order chi connectivity index (χ1) is 10.6. The molecule has 1 saturated heterocycles. The molecule has 4 nitrogen and oxygen atoms in total. The zero-order chi connectivity index (χ0) is 15.5. The van der Waals surface area contributed by atoms with Gasteiger partial charge in [-0.2, -0.15) is 0 Å². The molecule has 0 unspecified atom stereocenters. The minimum Gasteiger partial charge on any atom is -0.292 e. The van der Waals surface area contributed by atoms with Crippen LogP contribution >= 0.6 is 0 Å². The van der Waals surface area contributed by atoms with Crippen molar-refractivity contribution in [1.29, 1.82) is 0 Å². The van der Waals surface area contributed by atoms with Crippen molar-refractivity contribution < 1.29 is 4.92 Å². The number of nitrogens with zero attached hydrogens (tertiary/aromatic N) is 2. The van der Waals surface area contributed by atoms with Crippen LogP contribution in [0.1, 0.15) is 22.6 Å². The molecule has 22 heavy (non-hydrogen) atoms. The van der Waals surface area contributed by atoms with Gasteiger partial charge in [0.25, 0.3) is 0 Å². The fourth-order valence-electron chi connectivity index (χ4n) is 3.36. The van der Waals surface area contributed by atoms with E-state index in [1.807, 2.05) is 49.4 Å². The van der Waals surface area contributed by atoms with Crippen LogP contribution in [0.25, 0.3) is 0 Å². The van der Waals surface area contributed by atoms with E-state index in [2.05, 4.69) is 17.0 Å². The molecule has 0 aliphatic carbocycles. The lowest BCUT2D eigenvalue weighted by atomic mass is 9.91. The Morgan fingerprint density at radius 3 is 2.45 bits per heavy atom. The Bertz CT molecular complexity index is 657. The monoisotopic (exact) mass is 296 g/mol. The molecule has 0 aromatic heterocycles. The first-order valence-corrected chi connectivity index (χ1v) is 7.60. The minimum absolute atomic E-state index is 0.0279. The first-order valence-electron chi connectivity index (χ1n) is 7.60. The maximum absolute atomic E-state index is 11.5. The van der Waals surface area contributed by atoms with Crippen molar-refractivity contribution in [2.45, 2.75) is 25.4 Å². The van der Waals surface area contributed by atoms with Crippen molar-refractivity contribution in [3.8, 4) is 0 Å². The minimum atomic E-state index is -0.523. The summed E-state index contributed by atoms with van der Waals surface area (Å²) >= 11 is 0. The summed E-state index contributed by atoms with van der Waals surface area (Å²) in [4.78, 5) is 13.6. The van der Waals surface area contributed by atoms with Gasteiger partial charge in [0.15, 0.2) is 0 Å². The second kappa shape index (κ2) is 6.28. The molecule has 0 saturated carbocycles. The van der Waals surface area contributed by atoms with Crippen LogP contribution < -0.4 is 0 Å². The van der Waals surface area contributed by atoms with E-state index in [0.29, 0.717) is 6.54 Å². The molecule has 0 radical (unpaired) electrons. The lowest BCUT2D eigenvalue weighted by molar-refractivity contribution is -0.521. The van der Waals surface area contributed by atoms with E-state index >= 15 is 0 Å².